The van der Waals surface area contributed by atoms with Crippen LogP contribution in [0.4, 0.5) is 13.2 Å². The number of hydrogen-bond acceptors (Lipinski definition) is 9. The van der Waals surface area contributed by atoms with E-state index in [1.54, 1.807) is 6.92 Å². The standard InChI is InChI=1S/C26H28F3N3O7/c1-2-31-19-11-6-9-7-12-16(14(33)8-10(13-4-3-5-32-13)24(12)39-26(27,28)29)20(34)15(9)21(35)17(11)22(36)18(23(19)37)25(30)38/h8-9,11,13,17,19,31-34,37H,2-7H2,1H3,(H2,30,38)/t9-,11-,13?,17-,19+/m1/s1. The molecule has 7 N–H and O–H groups in total. The molecule has 1 saturated carbocycles. The summed E-state index contributed by atoms with van der Waals surface area (Å²) in [5.41, 5.74) is 4.01. The van der Waals surface area contributed by atoms with Gasteiger partial charge in [0, 0.05) is 22.7 Å². The Balaban J connectivity index is 1.67. The largest absolute Gasteiger partial charge is 0.573 e. The monoisotopic (exact) mass is 551 g/mol. The molecule has 0 bridgehead atoms. The van der Waals surface area contributed by atoms with Gasteiger partial charge in [-0.15, -0.1) is 13.2 Å². The number of benzene rings is 1. The first-order valence-corrected chi connectivity index (χ1v) is 12.7. The number of amides is 1. The van der Waals surface area contributed by atoms with Crippen LogP contribution in [0.3, 0.4) is 0 Å². The van der Waals surface area contributed by atoms with Gasteiger partial charge in [-0.25, -0.2) is 0 Å². The van der Waals surface area contributed by atoms with Crippen LogP contribution in [-0.4, -0.2) is 58.3 Å². The topological polar surface area (TPSA) is 171 Å². The number of ether oxygens (including phenoxy) is 1. The molecule has 1 amide bonds. The Morgan fingerprint density at radius 3 is 2.54 bits per heavy atom. The van der Waals surface area contributed by atoms with Crippen LogP contribution in [-0.2, 0) is 20.8 Å². The van der Waals surface area contributed by atoms with Crippen LogP contribution in [0.5, 0.6) is 11.5 Å². The Kier molecular flexibility index (Phi) is 6.62. The third-order valence-electron chi connectivity index (χ3n) is 8.10. The van der Waals surface area contributed by atoms with Gasteiger partial charge in [-0.3, -0.25) is 14.4 Å². The molecule has 4 aliphatic rings. The van der Waals surface area contributed by atoms with Crippen molar-refractivity contribution in [1.29, 1.82) is 0 Å². The van der Waals surface area contributed by atoms with Crippen molar-refractivity contribution in [2.45, 2.75) is 51.1 Å². The Labute approximate surface area is 220 Å². The van der Waals surface area contributed by atoms with Crippen molar-refractivity contribution < 1.29 is 47.6 Å². The molecule has 1 heterocycles. The molecule has 5 atom stereocenters. The van der Waals surface area contributed by atoms with Crippen LogP contribution in [0.25, 0.3) is 5.76 Å². The van der Waals surface area contributed by atoms with Gasteiger partial charge in [-0.05, 0) is 56.7 Å². The van der Waals surface area contributed by atoms with Crippen molar-refractivity contribution in [3.05, 3.63) is 39.7 Å². The molecule has 1 saturated heterocycles. The van der Waals surface area contributed by atoms with E-state index in [4.69, 9.17) is 5.73 Å². The number of likely N-dealkylation sites (N-methyl/N-ethyl adjacent to an activating group) is 1. The molecule has 10 nitrogen and oxygen atoms in total. The highest BCUT2D eigenvalue weighted by molar-refractivity contribution is 6.28. The summed E-state index contributed by atoms with van der Waals surface area (Å²) in [7, 11) is 0. The van der Waals surface area contributed by atoms with Crippen molar-refractivity contribution >= 4 is 23.2 Å². The molecule has 210 valence electrons. The van der Waals surface area contributed by atoms with Gasteiger partial charge in [0.15, 0.2) is 11.6 Å². The van der Waals surface area contributed by atoms with E-state index in [2.05, 4.69) is 15.4 Å². The maximum Gasteiger partial charge on any atom is 0.573 e. The summed E-state index contributed by atoms with van der Waals surface area (Å²) >= 11 is 0. The number of rotatable bonds is 5. The molecular weight excluding hydrogens is 523 g/mol. The summed E-state index contributed by atoms with van der Waals surface area (Å²) in [5.74, 6) is -8.62. The number of alkyl halides is 3. The van der Waals surface area contributed by atoms with Gasteiger partial charge >= 0.3 is 6.36 Å². The van der Waals surface area contributed by atoms with Gasteiger partial charge < -0.3 is 36.4 Å². The molecule has 5 rings (SSSR count). The van der Waals surface area contributed by atoms with Gasteiger partial charge in [-0.1, -0.05) is 6.92 Å². The second-order valence-electron chi connectivity index (χ2n) is 10.3. The van der Waals surface area contributed by atoms with Gasteiger partial charge in [0.2, 0.25) is 0 Å². The predicted molar refractivity (Wildman–Crippen MR) is 129 cm³/mol. The molecule has 1 aromatic carbocycles. The Hall–Kier alpha value is -3.58. The van der Waals surface area contributed by atoms with Crippen LogP contribution in [0, 0.1) is 17.8 Å². The summed E-state index contributed by atoms with van der Waals surface area (Å²) in [4.78, 5) is 38.9. The van der Waals surface area contributed by atoms with Gasteiger partial charge in [0.05, 0.1) is 17.5 Å². The average molecular weight is 552 g/mol. The van der Waals surface area contributed by atoms with Crippen molar-refractivity contribution in [3.8, 4) is 11.5 Å². The zero-order valence-electron chi connectivity index (χ0n) is 20.9. The number of primary amides is 1. The molecule has 1 aromatic rings. The van der Waals surface area contributed by atoms with E-state index in [9.17, 15) is 42.9 Å². The number of halogens is 3. The highest BCUT2D eigenvalue weighted by Gasteiger charge is 2.55. The molecule has 1 unspecified atom stereocenters. The number of nitrogens with one attached hydrogen (secondary N) is 2. The number of hydrogen-bond donors (Lipinski definition) is 6. The number of aliphatic hydroxyl groups is 2. The highest BCUT2D eigenvalue weighted by Crippen LogP contribution is 2.53. The number of phenols is 1. The van der Waals surface area contributed by atoms with Gasteiger partial charge in [0.1, 0.15) is 28.6 Å². The fourth-order valence-corrected chi connectivity index (χ4v) is 6.65. The molecule has 13 heteroatoms. The summed E-state index contributed by atoms with van der Waals surface area (Å²) in [6.07, 6.45) is -4.06. The molecule has 1 aliphatic heterocycles. The molecule has 0 radical (unpaired) electrons. The summed E-state index contributed by atoms with van der Waals surface area (Å²) < 4.78 is 45.2. The summed E-state index contributed by atoms with van der Waals surface area (Å²) in [5, 5.41) is 38.9. The second kappa shape index (κ2) is 9.56. The first-order chi connectivity index (χ1) is 18.4. The maximum absolute atomic E-state index is 13.7. The minimum absolute atomic E-state index is 0.00682. The molecule has 0 aromatic heterocycles. The van der Waals surface area contributed by atoms with E-state index < -0.39 is 82.3 Å². The lowest BCUT2D eigenvalue weighted by molar-refractivity contribution is -0.275. The number of aromatic hydroxyl groups is 1. The number of phenolic OH excluding ortho intramolecular Hbond substituents is 1. The first kappa shape index (κ1) is 27.0. The van der Waals surface area contributed by atoms with Crippen LogP contribution in [0.1, 0.15) is 48.9 Å². The van der Waals surface area contributed by atoms with E-state index in [1.165, 1.54) is 0 Å². The lowest BCUT2D eigenvalue weighted by Crippen LogP contribution is -2.56. The van der Waals surface area contributed by atoms with Crippen LogP contribution < -0.4 is 21.1 Å². The fourth-order valence-electron chi connectivity index (χ4n) is 6.65. The zero-order chi connectivity index (χ0) is 28.4. The van der Waals surface area contributed by atoms with E-state index in [0.717, 1.165) is 6.07 Å². The molecular formula is C26H28F3N3O7. The number of allylic oxidation sites excluding steroid dienone is 1. The third kappa shape index (κ3) is 4.33. The SMILES string of the molecule is CCN[C@@H]1C(O)=C(C(N)=O)C(=O)[C@H]2C(=O)C3=C(O)c4c(O)cc(C5CCCN5)c(OC(F)(F)F)c4C[C@H]3C[C@H]21. The average Bonchev–Trinajstić information content (AvgIpc) is 3.36. The molecule has 2 fully saturated rings. The molecule has 0 spiro atoms. The Morgan fingerprint density at radius 2 is 1.95 bits per heavy atom. The fraction of sp³-hybridized carbons (Fsp3) is 0.500. The van der Waals surface area contributed by atoms with Crippen molar-refractivity contribution in [3.63, 3.8) is 0 Å². The molecule has 3 aliphatic carbocycles. The summed E-state index contributed by atoms with van der Waals surface area (Å²) in [6, 6.07) is -0.427. The predicted octanol–water partition coefficient (Wildman–Crippen LogP) is 2.22. The lowest BCUT2D eigenvalue weighted by atomic mass is 9.59. The second-order valence-corrected chi connectivity index (χ2v) is 10.3. The van der Waals surface area contributed by atoms with Gasteiger partial charge in [0.25, 0.3) is 5.91 Å². The smallest absolute Gasteiger partial charge is 0.510 e. The Bertz CT molecular complexity index is 1330. The van der Waals surface area contributed by atoms with Crippen molar-refractivity contribution in [2.24, 2.45) is 23.5 Å². The highest BCUT2D eigenvalue weighted by atomic mass is 19.4. The number of aliphatic hydroxyl groups excluding tert-OH is 2. The quantitative estimate of drug-likeness (QED) is 0.237. The van der Waals surface area contributed by atoms with Crippen molar-refractivity contribution in [2.75, 3.05) is 13.1 Å². The van der Waals surface area contributed by atoms with Crippen molar-refractivity contribution in [1.82, 2.24) is 10.6 Å². The zero-order valence-corrected chi connectivity index (χ0v) is 20.9. The third-order valence-corrected chi connectivity index (χ3v) is 8.10. The number of ketones is 2. The number of fused-ring (bicyclic) bond motifs is 3. The number of nitrogens with two attached hydrogens (primary N) is 1. The van der Waals surface area contributed by atoms with E-state index in [1.807, 2.05) is 0 Å². The van der Waals surface area contributed by atoms with Crippen LogP contribution in [0.15, 0.2) is 23.0 Å². The molecule has 39 heavy (non-hydrogen) atoms. The van der Waals surface area contributed by atoms with E-state index in [-0.39, 0.29) is 35.1 Å². The minimum atomic E-state index is -5.07. The van der Waals surface area contributed by atoms with Crippen LogP contribution >= 0.6 is 0 Å². The minimum Gasteiger partial charge on any atom is -0.510 e. The maximum atomic E-state index is 13.7. The number of carbonyl (C=O) groups excluding carboxylic acids is 3. The number of carbonyl (C=O) groups is 3. The van der Waals surface area contributed by atoms with Gasteiger partial charge in [-0.2, -0.15) is 0 Å². The van der Waals surface area contributed by atoms with E-state index in [0.29, 0.717) is 25.9 Å². The van der Waals surface area contributed by atoms with E-state index >= 15 is 0 Å². The van der Waals surface area contributed by atoms with Crippen LogP contribution in [0.2, 0.25) is 0 Å². The normalized spacial score (nSPS) is 28.8. The first-order valence-electron chi connectivity index (χ1n) is 12.7. The number of Topliss-reactive ketones (excluding diaryl/α,β-unsaturated/α-hetero) is 2. The summed E-state index contributed by atoms with van der Waals surface area (Å²) in [6.45, 7) is 2.57. The lowest BCUT2D eigenvalue weighted by Gasteiger charge is -2.44. The Morgan fingerprint density at radius 1 is 1.23 bits per heavy atom.